The summed E-state index contributed by atoms with van der Waals surface area (Å²) < 4.78 is 2.25. The minimum absolute atomic E-state index is 1.01. The highest BCUT2D eigenvalue weighted by Gasteiger charge is 2.18. The van der Waals surface area contributed by atoms with Crippen molar-refractivity contribution in [1.82, 2.24) is 14.5 Å². The number of fused-ring (bicyclic) bond motifs is 3. The van der Waals surface area contributed by atoms with E-state index in [1.54, 1.807) is 0 Å². The van der Waals surface area contributed by atoms with Gasteiger partial charge in [-0.15, -0.1) is 0 Å². The molecule has 0 amide bonds. The molecule has 0 saturated carbocycles. The smallest absolute Gasteiger partial charge is 0.141 e. The fourth-order valence-corrected chi connectivity index (χ4v) is 2.02. The van der Waals surface area contributed by atoms with Gasteiger partial charge in [-0.25, -0.2) is 4.98 Å². The lowest BCUT2D eigenvalue weighted by Crippen LogP contribution is -2.13. The average molecular weight is 185 g/mol. The molecule has 3 nitrogen and oxygen atoms in total. The number of hydrogen-bond acceptors (Lipinski definition) is 2. The van der Waals surface area contributed by atoms with Crippen LogP contribution in [0.2, 0.25) is 0 Å². The Morgan fingerprint density at radius 1 is 1.36 bits per heavy atom. The number of pyridine rings is 1. The van der Waals surface area contributed by atoms with Crippen LogP contribution in [0, 0.1) is 6.92 Å². The van der Waals surface area contributed by atoms with E-state index in [9.17, 15) is 0 Å². The van der Waals surface area contributed by atoms with Gasteiger partial charge in [-0.05, 0) is 19.1 Å². The van der Waals surface area contributed by atoms with Crippen molar-refractivity contribution in [2.45, 2.75) is 19.9 Å². The predicted molar refractivity (Wildman–Crippen MR) is 53.9 cm³/mol. The van der Waals surface area contributed by atoms with Crippen molar-refractivity contribution in [1.29, 1.82) is 0 Å². The van der Waals surface area contributed by atoms with E-state index in [-0.39, 0.29) is 0 Å². The fraction of sp³-hybridized carbons (Fsp3) is 0.273. The lowest BCUT2D eigenvalue weighted by molar-refractivity contribution is 0.655. The monoisotopic (exact) mass is 185 g/mol. The molecule has 0 saturated heterocycles. The molecule has 3 rings (SSSR count). The highest BCUT2D eigenvalue weighted by atomic mass is 15.1. The van der Waals surface area contributed by atoms with E-state index < -0.39 is 0 Å². The molecule has 2 aromatic rings. The third kappa shape index (κ3) is 0.923. The summed E-state index contributed by atoms with van der Waals surface area (Å²) in [5, 5.41) is 0. The molecule has 1 aliphatic heterocycles. The van der Waals surface area contributed by atoms with Gasteiger partial charge in [0.15, 0.2) is 0 Å². The number of hydrogen-bond donors (Lipinski definition) is 0. The van der Waals surface area contributed by atoms with Crippen LogP contribution in [0.25, 0.3) is 11.4 Å². The lowest BCUT2D eigenvalue weighted by atomic mass is 10.1. The van der Waals surface area contributed by atoms with E-state index in [0.717, 1.165) is 18.8 Å². The first-order valence-electron chi connectivity index (χ1n) is 4.82. The van der Waals surface area contributed by atoms with E-state index >= 15 is 0 Å². The first-order chi connectivity index (χ1) is 6.86. The molecule has 0 radical (unpaired) electrons. The maximum absolute atomic E-state index is 4.42. The van der Waals surface area contributed by atoms with E-state index in [1.807, 2.05) is 18.5 Å². The zero-order chi connectivity index (χ0) is 9.54. The molecule has 0 spiro atoms. The maximum atomic E-state index is 4.42. The normalized spacial score (nSPS) is 13.5. The van der Waals surface area contributed by atoms with Crippen LogP contribution in [0.4, 0.5) is 0 Å². The SMILES string of the molecule is Cc1cnc2n1CCc1ncccc1-2. The Bertz CT molecular complexity index is 485. The highest BCUT2D eigenvalue weighted by Crippen LogP contribution is 2.27. The molecular formula is C11H11N3. The molecule has 0 unspecified atom stereocenters. The van der Waals surface area contributed by atoms with Gasteiger partial charge in [0, 0.05) is 36.6 Å². The summed E-state index contributed by atoms with van der Waals surface area (Å²) in [6.45, 7) is 3.10. The summed E-state index contributed by atoms with van der Waals surface area (Å²) in [4.78, 5) is 8.79. The van der Waals surface area contributed by atoms with E-state index in [4.69, 9.17) is 0 Å². The molecule has 2 aromatic heterocycles. The van der Waals surface area contributed by atoms with Crippen LogP contribution in [0.3, 0.4) is 0 Å². The third-order valence-corrected chi connectivity index (χ3v) is 2.76. The molecule has 0 atom stereocenters. The first kappa shape index (κ1) is 7.74. The minimum atomic E-state index is 1.01. The van der Waals surface area contributed by atoms with Gasteiger partial charge in [0.2, 0.25) is 0 Å². The summed E-state index contributed by atoms with van der Waals surface area (Å²) in [6, 6.07) is 4.07. The molecule has 3 heterocycles. The van der Waals surface area contributed by atoms with Gasteiger partial charge >= 0.3 is 0 Å². The summed E-state index contributed by atoms with van der Waals surface area (Å²) in [5.41, 5.74) is 3.59. The topological polar surface area (TPSA) is 30.7 Å². The lowest BCUT2D eigenvalue weighted by Gasteiger charge is -2.17. The van der Waals surface area contributed by atoms with Crippen LogP contribution < -0.4 is 0 Å². The number of imidazole rings is 1. The highest BCUT2D eigenvalue weighted by molar-refractivity contribution is 5.60. The molecule has 0 fully saturated rings. The van der Waals surface area contributed by atoms with Crippen LogP contribution in [0.1, 0.15) is 11.4 Å². The van der Waals surface area contributed by atoms with Gasteiger partial charge < -0.3 is 4.57 Å². The van der Waals surface area contributed by atoms with Crippen molar-refractivity contribution in [3.63, 3.8) is 0 Å². The standard InChI is InChI=1S/C11H11N3/c1-8-7-13-11-9-3-2-5-12-10(9)4-6-14(8)11/h2-3,5,7H,4,6H2,1H3. The van der Waals surface area contributed by atoms with E-state index in [0.29, 0.717) is 0 Å². The van der Waals surface area contributed by atoms with Crippen LogP contribution in [-0.4, -0.2) is 14.5 Å². The van der Waals surface area contributed by atoms with Gasteiger partial charge in [0.1, 0.15) is 5.82 Å². The number of aryl methyl sites for hydroxylation is 2. The van der Waals surface area contributed by atoms with Crippen LogP contribution in [0.15, 0.2) is 24.5 Å². The Balaban J connectivity index is 2.29. The average Bonchev–Trinajstić information content (AvgIpc) is 2.61. The summed E-state index contributed by atoms with van der Waals surface area (Å²) in [7, 11) is 0. The Morgan fingerprint density at radius 2 is 2.29 bits per heavy atom. The molecule has 0 N–H and O–H groups in total. The molecule has 14 heavy (non-hydrogen) atoms. The summed E-state index contributed by atoms with van der Waals surface area (Å²) in [5.74, 6) is 1.07. The number of nitrogens with zero attached hydrogens (tertiary/aromatic N) is 3. The first-order valence-corrected chi connectivity index (χ1v) is 4.82. The second-order valence-electron chi connectivity index (χ2n) is 3.62. The second kappa shape index (κ2) is 2.67. The Labute approximate surface area is 82.4 Å². The van der Waals surface area contributed by atoms with Crippen molar-refractivity contribution in [2.24, 2.45) is 0 Å². The predicted octanol–water partition coefficient (Wildman–Crippen LogP) is 1.81. The quantitative estimate of drug-likeness (QED) is 0.626. The zero-order valence-corrected chi connectivity index (χ0v) is 8.07. The molecule has 70 valence electrons. The van der Waals surface area contributed by atoms with Gasteiger partial charge in [-0.3, -0.25) is 4.98 Å². The van der Waals surface area contributed by atoms with Crippen LogP contribution in [-0.2, 0) is 13.0 Å². The number of aromatic nitrogens is 3. The van der Waals surface area contributed by atoms with Gasteiger partial charge in [-0.2, -0.15) is 0 Å². The van der Waals surface area contributed by atoms with Crippen molar-refractivity contribution in [3.8, 4) is 11.4 Å². The zero-order valence-electron chi connectivity index (χ0n) is 8.07. The maximum Gasteiger partial charge on any atom is 0.141 e. The van der Waals surface area contributed by atoms with Crippen molar-refractivity contribution in [3.05, 3.63) is 35.9 Å². The van der Waals surface area contributed by atoms with Gasteiger partial charge in [0.25, 0.3) is 0 Å². The molecule has 1 aliphatic rings. The summed E-state index contributed by atoms with van der Waals surface area (Å²) >= 11 is 0. The van der Waals surface area contributed by atoms with Gasteiger partial charge in [-0.1, -0.05) is 0 Å². The van der Waals surface area contributed by atoms with Crippen LogP contribution >= 0.6 is 0 Å². The van der Waals surface area contributed by atoms with Crippen molar-refractivity contribution in [2.75, 3.05) is 0 Å². The van der Waals surface area contributed by atoms with Crippen molar-refractivity contribution < 1.29 is 0 Å². The Hall–Kier alpha value is -1.64. The minimum Gasteiger partial charge on any atom is -0.328 e. The summed E-state index contributed by atoms with van der Waals surface area (Å²) in [6.07, 6.45) is 4.79. The molecule has 3 heteroatoms. The van der Waals surface area contributed by atoms with E-state index in [1.165, 1.54) is 17.0 Å². The van der Waals surface area contributed by atoms with Gasteiger partial charge in [0.05, 0.1) is 5.69 Å². The molecule has 0 aliphatic carbocycles. The van der Waals surface area contributed by atoms with Crippen LogP contribution in [0.5, 0.6) is 0 Å². The largest absolute Gasteiger partial charge is 0.328 e. The molecule has 0 aromatic carbocycles. The Morgan fingerprint density at radius 3 is 3.21 bits per heavy atom. The fourth-order valence-electron chi connectivity index (χ4n) is 2.02. The second-order valence-corrected chi connectivity index (χ2v) is 3.62. The molecule has 0 bridgehead atoms. The Kier molecular flexibility index (Phi) is 1.48. The van der Waals surface area contributed by atoms with Crippen molar-refractivity contribution >= 4 is 0 Å². The number of rotatable bonds is 0. The molecular weight excluding hydrogens is 174 g/mol. The third-order valence-electron chi connectivity index (χ3n) is 2.76. The van der Waals surface area contributed by atoms with E-state index in [2.05, 4.69) is 27.5 Å².